The average Bonchev–Trinajstić information content (AvgIpc) is 3.07. The number of likely N-dealkylation sites (N-methyl/N-ethyl adjacent to an activating group) is 1. The highest BCUT2D eigenvalue weighted by atomic mass is 32.1. The number of aryl methyl sites for hydroxylation is 1. The smallest absolute Gasteiger partial charge is 0.275 e. The van der Waals surface area contributed by atoms with Crippen LogP contribution in [0.25, 0.3) is 4.96 Å². The van der Waals surface area contributed by atoms with Crippen LogP contribution in [0.3, 0.4) is 0 Å². The van der Waals surface area contributed by atoms with Crippen LogP contribution < -0.4 is 10.9 Å². The number of fused-ring (bicyclic) bond motifs is 1. The van der Waals surface area contributed by atoms with Crippen LogP contribution >= 0.6 is 11.3 Å². The molecule has 1 saturated heterocycles. The molecule has 1 aliphatic rings. The first-order valence-corrected chi connectivity index (χ1v) is 8.29. The normalized spacial score (nSPS) is 18.9. The molecule has 1 aliphatic heterocycles. The third kappa shape index (κ3) is 3.30. The van der Waals surface area contributed by atoms with E-state index in [1.165, 1.54) is 34.8 Å². The zero-order valence-electron chi connectivity index (χ0n) is 12.5. The van der Waals surface area contributed by atoms with E-state index >= 15 is 0 Å². The Hall–Kier alpha value is -1.31. The Morgan fingerprint density at radius 2 is 2.43 bits per heavy atom. The molecule has 3 heterocycles. The molecule has 1 unspecified atom stereocenters. The molecule has 1 N–H and O–H groups in total. The van der Waals surface area contributed by atoms with Crippen molar-refractivity contribution in [1.82, 2.24) is 24.8 Å². The summed E-state index contributed by atoms with van der Waals surface area (Å²) in [5, 5.41) is 8.89. The van der Waals surface area contributed by atoms with E-state index in [0.29, 0.717) is 11.0 Å². The van der Waals surface area contributed by atoms with Crippen LogP contribution in [0.1, 0.15) is 30.5 Å². The van der Waals surface area contributed by atoms with E-state index in [1.54, 1.807) is 0 Å². The Labute approximate surface area is 127 Å². The Balaban J connectivity index is 1.76. The van der Waals surface area contributed by atoms with Crippen LogP contribution in [0.15, 0.2) is 10.9 Å². The molecule has 0 radical (unpaired) electrons. The molecule has 0 bridgehead atoms. The van der Waals surface area contributed by atoms with Gasteiger partial charge >= 0.3 is 0 Å². The Bertz CT molecular complexity index is 674. The SMILES string of the molecule is CCN(Cc1nn2c(=O)cc(C)nc2s1)CC1CCCN1. The summed E-state index contributed by atoms with van der Waals surface area (Å²) in [5.74, 6) is 0. The number of hydrogen-bond donors (Lipinski definition) is 1. The average molecular weight is 307 g/mol. The minimum absolute atomic E-state index is 0.0968. The maximum absolute atomic E-state index is 11.9. The largest absolute Gasteiger partial charge is 0.313 e. The van der Waals surface area contributed by atoms with Gasteiger partial charge in [0.2, 0.25) is 4.96 Å². The molecule has 114 valence electrons. The van der Waals surface area contributed by atoms with Crippen molar-refractivity contribution in [3.63, 3.8) is 0 Å². The van der Waals surface area contributed by atoms with Gasteiger partial charge in [-0.05, 0) is 32.9 Å². The van der Waals surface area contributed by atoms with Crippen LogP contribution in [0.5, 0.6) is 0 Å². The van der Waals surface area contributed by atoms with E-state index in [2.05, 4.69) is 27.2 Å². The van der Waals surface area contributed by atoms with Crippen molar-refractivity contribution in [3.05, 3.63) is 27.1 Å². The van der Waals surface area contributed by atoms with Gasteiger partial charge in [0.05, 0.1) is 6.54 Å². The quantitative estimate of drug-likeness (QED) is 0.894. The van der Waals surface area contributed by atoms with Gasteiger partial charge in [0.15, 0.2) is 0 Å². The fourth-order valence-corrected chi connectivity index (χ4v) is 3.73. The van der Waals surface area contributed by atoms with Crippen molar-refractivity contribution in [3.8, 4) is 0 Å². The van der Waals surface area contributed by atoms with Gasteiger partial charge in [-0.25, -0.2) is 4.98 Å². The maximum Gasteiger partial charge on any atom is 0.275 e. The molecule has 0 aromatic carbocycles. The van der Waals surface area contributed by atoms with Crippen LogP contribution in [0.2, 0.25) is 0 Å². The first kappa shape index (κ1) is 14.6. The third-order valence-electron chi connectivity index (χ3n) is 3.86. The second-order valence-corrected chi connectivity index (χ2v) is 6.59. The van der Waals surface area contributed by atoms with Gasteiger partial charge in [-0.1, -0.05) is 18.3 Å². The summed E-state index contributed by atoms with van der Waals surface area (Å²) in [5.41, 5.74) is 0.651. The summed E-state index contributed by atoms with van der Waals surface area (Å²) in [6.45, 7) is 7.92. The number of rotatable bonds is 5. The van der Waals surface area contributed by atoms with Crippen molar-refractivity contribution in [2.24, 2.45) is 0 Å². The highest BCUT2D eigenvalue weighted by Gasteiger charge is 2.18. The van der Waals surface area contributed by atoms with Gasteiger partial charge in [0, 0.05) is 24.3 Å². The molecule has 7 heteroatoms. The summed E-state index contributed by atoms with van der Waals surface area (Å²) < 4.78 is 1.41. The van der Waals surface area contributed by atoms with E-state index < -0.39 is 0 Å². The molecule has 2 aromatic heterocycles. The van der Waals surface area contributed by atoms with Gasteiger partial charge in [-0.2, -0.15) is 9.61 Å². The first-order valence-electron chi connectivity index (χ1n) is 7.48. The van der Waals surface area contributed by atoms with E-state index in [9.17, 15) is 4.79 Å². The molecule has 2 aromatic rings. The summed E-state index contributed by atoms with van der Waals surface area (Å²) >= 11 is 1.51. The van der Waals surface area contributed by atoms with Gasteiger partial charge in [-0.3, -0.25) is 9.69 Å². The third-order valence-corrected chi connectivity index (χ3v) is 4.76. The molecule has 0 saturated carbocycles. The fraction of sp³-hybridized carbons (Fsp3) is 0.643. The highest BCUT2D eigenvalue weighted by Crippen LogP contribution is 2.15. The molecule has 3 rings (SSSR count). The van der Waals surface area contributed by atoms with Crippen molar-refractivity contribution < 1.29 is 0 Å². The van der Waals surface area contributed by atoms with Gasteiger partial charge < -0.3 is 5.32 Å². The topological polar surface area (TPSA) is 62.5 Å². The van der Waals surface area contributed by atoms with Crippen molar-refractivity contribution in [2.45, 2.75) is 39.3 Å². The molecule has 0 aliphatic carbocycles. The van der Waals surface area contributed by atoms with E-state index in [0.717, 1.165) is 36.9 Å². The molecule has 0 amide bonds. The zero-order chi connectivity index (χ0) is 14.8. The van der Waals surface area contributed by atoms with Crippen LogP contribution in [0, 0.1) is 6.92 Å². The van der Waals surface area contributed by atoms with Crippen molar-refractivity contribution in [2.75, 3.05) is 19.6 Å². The van der Waals surface area contributed by atoms with Crippen LogP contribution in [-0.4, -0.2) is 45.2 Å². The molecular formula is C14H21N5OS. The Morgan fingerprint density at radius 1 is 1.57 bits per heavy atom. The Kier molecular flexibility index (Phi) is 4.32. The lowest BCUT2D eigenvalue weighted by atomic mass is 10.2. The summed E-state index contributed by atoms with van der Waals surface area (Å²) in [7, 11) is 0. The number of nitrogens with zero attached hydrogens (tertiary/aromatic N) is 4. The van der Waals surface area contributed by atoms with Crippen molar-refractivity contribution in [1.29, 1.82) is 0 Å². The minimum atomic E-state index is -0.0968. The monoisotopic (exact) mass is 307 g/mol. The fourth-order valence-electron chi connectivity index (χ4n) is 2.74. The standard InChI is InChI=1S/C14H21N5OS/c1-3-18(8-11-5-4-6-15-11)9-12-17-19-13(20)7-10(2)16-14(19)21-12/h7,11,15H,3-6,8-9H2,1-2H3. The lowest BCUT2D eigenvalue weighted by Gasteiger charge is -2.22. The molecule has 1 atom stereocenters. The molecule has 6 nitrogen and oxygen atoms in total. The molecule has 21 heavy (non-hydrogen) atoms. The van der Waals surface area contributed by atoms with Crippen LogP contribution in [-0.2, 0) is 6.54 Å². The summed E-state index contributed by atoms with van der Waals surface area (Å²) in [6.07, 6.45) is 2.51. The molecule has 0 spiro atoms. The first-order chi connectivity index (χ1) is 10.2. The van der Waals surface area contributed by atoms with E-state index in [1.807, 2.05) is 6.92 Å². The highest BCUT2D eigenvalue weighted by molar-refractivity contribution is 7.16. The summed E-state index contributed by atoms with van der Waals surface area (Å²) in [6, 6.07) is 2.11. The van der Waals surface area contributed by atoms with Gasteiger partial charge in [0.1, 0.15) is 5.01 Å². The summed E-state index contributed by atoms with van der Waals surface area (Å²) in [4.78, 5) is 19.3. The van der Waals surface area contributed by atoms with Gasteiger partial charge in [-0.15, -0.1) is 0 Å². The lowest BCUT2D eigenvalue weighted by molar-refractivity contribution is 0.252. The maximum atomic E-state index is 11.9. The van der Waals surface area contributed by atoms with Gasteiger partial charge in [0.25, 0.3) is 5.56 Å². The zero-order valence-corrected chi connectivity index (χ0v) is 13.3. The molecular weight excluding hydrogens is 286 g/mol. The predicted molar refractivity (Wildman–Crippen MR) is 83.8 cm³/mol. The number of nitrogens with one attached hydrogen (secondary N) is 1. The predicted octanol–water partition coefficient (Wildman–Crippen LogP) is 1.03. The molecule has 1 fully saturated rings. The number of hydrogen-bond acceptors (Lipinski definition) is 6. The lowest BCUT2D eigenvalue weighted by Crippen LogP contribution is -2.37. The second-order valence-electron chi connectivity index (χ2n) is 5.55. The Morgan fingerprint density at radius 3 is 3.14 bits per heavy atom. The van der Waals surface area contributed by atoms with E-state index in [4.69, 9.17) is 0 Å². The second kappa shape index (κ2) is 6.21. The van der Waals surface area contributed by atoms with E-state index in [-0.39, 0.29) is 5.56 Å². The number of aromatic nitrogens is 3. The van der Waals surface area contributed by atoms with Crippen LogP contribution in [0.4, 0.5) is 0 Å². The van der Waals surface area contributed by atoms with Crippen molar-refractivity contribution >= 4 is 16.3 Å². The minimum Gasteiger partial charge on any atom is -0.313 e.